The molecule has 0 unspecified atom stereocenters. The summed E-state index contributed by atoms with van der Waals surface area (Å²) >= 11 is 0. The molecular formula is C12H24O4. The summed E-state index contributed by atoms with van der Waals surface area (Å²) in [5.41, 5.74) is 0. The van der Waals surface area contributed by atoms with Gasteiger partial charge in [-0.2, -0.15) is 0 Å². The molecule has 0 amide bonds. The molecule has 0 radical (unpaired) electrons. The largest absolute Gasteiger partial charge is 0.390 e. The molecule has 2 aliphatic rings. The lowest BCUT2D eigenvalue weighted by molar-refractivity contribution is -0.0380. The summed E-state index contributed by atoms with van der Waals surface area (Å²) in [6.45, 7) is 6.79. The van der Waals surface area contributed by atoms with Gasteiger partial charge in [-0.15, -0.1) is 0 Å². The van der Waals surface area contributed by atoms with Gasteiger partial charge >= 0.3 is 0 Å². The Balaban J connectivity index is 0.000000160. The summed E-state index contributed by atoms with van der Waals surface area (Å²) in [4.78, 5) is 0. The third-order valence-corrected chi connectivity index (χ3v) is 3.33. The Bertz CT molecular complexity index is 146. The van der Waals surface area contributed by atoms with Gasteiger partial charge in [0.05, 0.1) is 25.4 Å². The van der Waals surface area contributed by atoms with Crippen LogP contribution < -0.4 is 0 Å². The van der Waals surface area contributed by atoms with E-state index in [1.165, 1.54) is 0 Å². The zero-order valence-electron chi connectivity index (χ0n) is 10.3. The predicted molar refractivity (Wildman–Crippen MR) is 61.2 cm³/mol. The first-order valence-electron chi connectivity index (χ1n) is 6.13. The van der Waals surface area contributed by atoms with Crippen molar-refractivity contribution in [3.63, 3.8) is 0 Å². The summed E-state index contributed by atoms with van der Waals surface area (Å²) in [5.74, 6) is 0.868. The Labute approximate surface area is 97.6 Å². The number of aliphatic hydroxyl groups excluding tert-OH is 2. The summed E-state index contributed by atoms with van der Waals surface area (Å²) in [7, 11) is 0. The van der Waals surface area contributed by atoms with Gasteiger partial charge in [0, 0.05) is 13.2 Å². The number of hydrogen-bond donors (Lipinski definition) is 2. The van der Waals surface area contributed by atoms with Crippen molar-refractivity contribution >= 4 is 0 Å². The number of rotatable bonds is 0. The van der Waals surface area contributed by atoms with E-state index in [9.17, 15) is 0 Å². The van der Waals surface area contributed by atoms with E-state index in [1.54, 1.807) is 0 Å². The molecule has 4 atom stereocenters. The van der Waals surface area contributed by atoms with Crippen LogP contribution in [-0.4, -0.2) is 48.8 Å². The predicted octanol–water partition coefficient (Wildman–Crippen LogP) is 0.807. The van der Waals surface area contributed by atoms with Crippen molar-refractivity contribution in [2.24, 2.45) is 11.8 Å². The van der Waals surface area contributed by atoms with Gasteiger partial charge in [-0.05, 0) is 24.7 Å². The highest BCUT2D eigenvalue weighted by Crippen LogP contribution is 2.13. The summed E-state index contributed by atoms with van der Waals surface area (Å²) in [6, 6.07) is 0. The Kier molecular flexibility index (Phi) is 6.28. The van der Waals surface area contributed by atoms with E-state index < -0.39 is 0 Å². The first kappa shape index (κ1) is 13.9. The molecule has 16 heavy (non-hydrogen) atoms. The van der Waals surface area contributed by atoms with Crippen LogP contribution in [0.2, 0.25) is 0 Å². The van der Waals surface area contributed by atoms with Gasteiger partial charge in [-0.25, -0.2) is 0 Å². The molecule has 2 rings (SSSR count). The fourth-order valence-electron chi connectivity index (χ4n) is 1.66. The van der Waals surface area contributed by atoms with Crippen LogP contribution >= 0.6 is 0 Å². The topological polar surface area (TPSA) is 58.9 Å². The van der Waals surface area contributed by atoms with E-state index in [1.807, 2.05) is 13.8 Å². The van der Waals surface area contributed by atoms with Crippen molar-refractivity contribution in [3.8, 4) is 0 Å². The normalized spacial score (nSPS) is 39.8. The first-order chi connectivity index (χ1) is 7.61. The maximum atomic E-state index is 9.05. The van der Waals surface area contributed by atoms with Crippen LogP contribution in [0, 0.1) is 11.8 Å². The van der Waals surface area contributed by atoms with Crippen LogP contribution in [0.5, 0.6) is 0 Å². The molecule has 2 aliphatic heterocycles. The fraction of sp³-hybridized carbons (Fsp3) is 1.00. The lowest BCUT2D eigenvalue weighted by atomic mass is 10.0. The zero-order valence-corrected chi connectivity index (χ0v) is 10.3. The zero-order chi connectivity index (χ0) is 12.0. The fourth-order valence-corrected chi connectivity index (χ4v) is 1.66. The van der Waals surface area contributed by atoms with Gasteiger partial charge in [0.1, 0.15) is 0 Å². The van der Waals surface area contributed by atoms with Crippen LogP contribution in [-0.2, 0) is 9.47 Å². The smallest absolute Gasteiger partial charge is 0.0799 e. The van der Waals surface area contributed by atoms with E-state index in [4.69, 9.17) is 19.7 Å². The molecule has 0 aromatic rings. The van der Waals surface area contributed by atoms with Gasteiger partial charge in [-0.1, -0.05) is 13.8 Å². The van der Waals surface area contributed by atoms with E-state index in [0.29, 0.717) is 25.0 Å². The Morgan fingerprint density at radius 2 is 1.19 bits per heavy atom. The Morgan fingerprint density at radius 1 is 0.812 bits per heavy atom. The van der Waals surface area contributed by atoms with Crippen molar-refractivity contribution < 1.29 is 19.7 Å². The highest BCUT2D eigenvalue weighted by Gasteiger charge is 2.18. The lowest BCUT2D eigenvalue weighted by Crippen LogP contribution is -2.29. The molecule has 0 aromatic carbocycles. The lowest BCUT2D eigenvalue weighted by Gasteiger charge is -2.23. The molecule has 2 fully saturated rings. The van der Waals surface area contributed by atoms with Gasteiger partial charge in [0.15, 0.2) is 0 Å². The highest BCUT2D eigenvalue weighted by atomic mass is 16.5. The number of ether oxygens (including phenoxy) is 2. The van der Waals surface area contributed by atoms with Crippen molar-refractivity contribution in [2.75, 3.05) is 26.4 Å². The van der Waals surface area contributed by atoms with Crippen molar-refractivity contribution in [3.05, 3.63) is 0 Å². The minimum Gasteiger partial charge on any atom is -0.390 e. The molecule has 0 bridgehead atoms. The molecule has 4 nitrogen and oxygen atoms in total. The Morgan fingerprint density at radius 3 is 1.38 bits per heavy atom. The van der Waals surface area contributed by atoms with Crippen molar-refractivity contribution in [1.82, 2.24) is 0 Å². The number of hydrogen-bond acceptors (Lipinski definition) is 4. The van der Waals surface area contributed by atoms with Crippen molar-refractivity contribution in [2.45, 2.75) is 38.9 Å². The molecule has 2 saturated heterocycles. The average molecular weight is 232 g/mol. The van der Waals surface area contributed by atoms with Crippen LogP contribution in [0.1, 0.15) is 26.7 Å². The monoisotopic (exact) mass is 232 g/mol. The third-order valence-electron chi connectivity index (χ3n) is 3.33. The third kappa shape index (κ3) is 4.78. The second-order valence-electron chi connectivity index (χ2n) is 4.82. The van der Waals surface area contributed by atoms with Crippen LogP contribution in [0.3, 0.4) is 0 Å². The summed E-state index contributed by atoms with van der Waals surface area (Å²) in [6.07, 6.45) is 1.56. The van der Waals surface area contributed by atoms with Crippen LogP contribution in [0.25, 0.3) is 0 Å². The molecule has 0 spiro atoms. The molecule has 2 heterocycles. The van der Waals surface area contributed by atoms with Gasteiger partial charge in [-0.3, -0.25) is 0 Å². The van der Waals surface area contributed by atoms with Crippen molar-refractivity contribution in [1.29, 1.82) is 0 Å². The summed E-state index contributed by atoms with van der Waals surface area (Å²) in [5, 5.41) is 18.1. The minimum absolute atomic E-state index is 0.219. The van der Waals surface area contributed by atoms with Gasteiger partial charge in [0.2, 0.25) is 0 Å². The Hall–Kier alpha value is -0.160. The highest BCUT2D eigenvalue weighted by molar-refractivity contribution is 4.67. The average Bonchev–Trinajstić information content (AvgIpc) is 2.28. The molecule has 4 heteroatoms. The number of aliphatic hydroxyl groups is 2. The molecule has 2 N–H and O–H groups in total. The molecule has 0 saturated carbocycles. The van der Waals surface area contributed by atoms with Crippen LogP contribution in [0.4, 0.5) is 0 Å². The maximum absolute atomic E-state index is 9.05. The second-order valence-corrected chi connectivity index (χ2v) is 4.82. The van der Waals surface area contributed by atoms with E-state index in [-0.39, 0.29) is 12.2 Å². The molecular weight excluding hydrogens is 208 g/mol. The SMILES string of the molecule is C[C@@H]1CCOC[C@H]1O.C[C@H]1CCOC[C@@H]1O. The second kappa shape index (κ2) is 7.22. The maximum Gasteiger partial charge on any atom is 0.0799 e. The van der Waals surface area contributed by atoms with E-state index >= 15 is 0 Å². The van der Waals surface area contributed by atoms with Crippen LogP contribution in [0.15, 0.2) is 0 Å². The first-order valence-corrected chi connectivity index (χ1v) is 6.13. The molecule has 0 aromatic heterocycles. The van der Waals surface area contributed by atoms with Gasteiger partial charge in [0.25, 0.3) is 0 Å². The molecule has 0 aliphatic carbocycles. The van der Waals surface area contributed by atoms with Gasteiger partial charge < -0.3 is 19.7 Å². The van der Waals surface area contributed by atoms with E-state index in [0.717, 1.165) is 26.1 Å². The minimum atomic E-state index is -0.219. The van der Waals surface area contributed by atoms with E-state index in [2.05, 4.69) is 0 Å². The quantitative estimate of drug-likeness (QED) is 0.649. The molecule has 96 valence electrons. The standard InChI is InChI=1S/2C6H12O2/c2*1-5-2-3-8-4-6(5)7/h2*5-7H,2-4H2,1H3/t2*5-,6-/m10/s1. The summed E-state index contributed by atoms with van der Waals surface area (Å²) < 4.78 is 10.0.